The number of esters is 2. The van der Waals surface area contributed by atoms with Crippen molar-refractivity contribution in [2.45, 2.75) is 38.3 Å². The number of fused-ring (bicyclic) bond motifs is 8. The Balaban J connectivity index is 1.59. The number of imidazole rings is 1. The van der Waals surface area contributed by atoms with Crippen molar-refractivity contribution in [1.82, 2.24) is 34.5 Å². The van der Waals surface area contributed by atoms with Gasteiger partial charge < -0.3 is 19.9 Å². The Hall–Kier alpha value is -4.39. The van der Waals surface area contributed by atoms with Crippen LogP contribution in [0.5, 0.6) is 0 Å². The molecule has 4 atom stereocenters. The first-order valence-electron chi connectivity index (χ1n) is 10.9. The van der Waals surface area contributed by atoms with Gasteiger partial charge in [0.1, 0.15) is 36.5 Å². The summed E-state index contributed by atoms with van der Waals surface area (Å²) in [7, 11) is 0. The maximum atomic E-state index is 12.1. The largest absolute Gasteiger partial charge is 0.463 e. The van der Waals surface area contributed by atoms with E-state index in [1.807, 2.05) is 30.3 Å². The van der Waals surface area contributed by atoms with Gasteiger partial charge in [-0.2, -0.15) is 0 Å². The second kappa shape index (κ2) is 7.84. The lowest BCUT2D eigenvalue weighted by Gasteiger charge is -2.30. The van der Waals surface area contributed by atoms with Crippen LogP contribution in [0.25, 0.3) is 33.9 Å². The molecule has 178 valence electrons. The average molecular weight is 476 g/mol. The smallest absolute Gasteiger partial charge is 0.303 e. The van der Waals surface area contributed by atoms with E-state index in [1.54, 1.807) is 9.25 Å². The number of nitrogen functional groups attached to an aromatic ring is 1. The molecule has 4 aromatic rings. The Labute approximate surface area is 197 Å². The topological polar surface area (TPSA) is 162 Å². The molecule has 13 heteroatoms. The molecule has 0 unspecified atom stereocenters. The number of hydrogen-bond acceptors (Lipinski definition) is 11. The van der Waals surface area contributed by atoms with Gasteiger partial charge in [-0.1, -0.05) is 35.5 Å². The minimum absolute atomic E-state index is 0.116. The molecule has 1 fully saturated rings. The number of benzene rings is 1. The first-order valence-corrected chi connectivity index (χ1v) is 10.9. The fourth-order valence-corrected chi connectivity index (χ4v) is 4.70. The molecule has 1 aromatic carbocycles. The van der Waals surface area contributed by atoms with Gasteiger partial charge in [0.25, 0.3) is 0 Å². The summed E-state index contributed by atoms with van der Waals surface area (Å²) in [5, 5.41) is 8.87. The quantitative estimate of drug-likeness (QED) is 0.422. The van der Waals surface area contributed by atoms with Crippen LogP contribution in [-0.2, 0) is 23.8 Å². The second-order valence-electron chi connectivity index (χ2n) is 8.27. The minimum atomic E-state index is -0.828. The predicted octanol–water partition coefficient (Wildman–Crippen LogP) is 1.28. The fourth-order valence-electron chi connectivity index (χ4n) is 4.70. The third-order valence-corrected chi connectivity index (χ3v) is 6.06. The van der Waals surface area contributed by atoms with Gasteiger partial charge in [0.05, 0.1) is 0 Å². The highest BCUT2D eigenvalue weighted by molar-refractivity contribution is 5.87. The molecular weight excluding hydrogens is 456 g/mol. The molecular formula is C22H20N8O5. The Morgan fingerprint density at radius 1 is 1.14 bits per heavy atom. The monoisotopic (exact) mass is 476 g/mol. The average Bonchev–Trinajstić information content (AvgIpc) is 3.52. The molecule has 35 heavy (non-hydrogen) atoms. The van der Waals surface area contributed by atoms with E-state index >= 15 is 0 Å². The standard InChI is InChI=1S/C22H20N8O5/c1-10(31)33-8-13-18(34-11(2)32)17-22(35-13)29-20-15(19(23)24-9-25-20)26-21(29)16-14(27-28-30(16)17)12-6-4-3-5-7-12/h3-7,9,13,17-18,22H,8H2,1-2H3,(H2,23,24,25)/t13-,17+,18-,22-/m1/s1. The lowest BCUT2D eigenvalue weighted by Crippen LogP contribution is -2.38. The first kappa shape index (κ1) is 21.2. The van der Waals surface area contributed by atoms with E-state index in [9.17, 15) is 9.59 Å². The van der Waals surface area contributed by atoms with E-state index < -0.39 is 36.4 Å². The summed E-state index contributed by atoms with van der Waals surface area (Å²) in [4.78, 5) is 36.8. The van der Waals surface area contributed by atoms with Crippen LogP contribution in [0.3, 0.4) is 0 Å². The number of anilines is 1. The highest BCUT2D eigenvalue weighted by atomic mass is 16.6. The van der Waals surface area contributed by atoms with Crippen LogP contribution in [-0.4, -0.2) is 65.3 Å². The van der Waals surface area contributed by atoms with Gasteiger partial charge >= 0.3 is 11.9 Å². The van der Waals surface area contributed by atoms with Crippen LogP contribution in [0.15, 0.2) is 36.7 Å². The number of nitrogens with zero attached hydrogens (tertiary/aromatic N) is 7. The van der Waals surface area contributed by atoms with Crippen molar-refractivity contribution in [1.29, 1.82) is 0 Å². The molecule has 13 nitrogen and oxygen atoms in total. The van der Waals surface area contributed by atoms with Crippen LogP contribution in [0.1, 0.15) is 26.1 Å². The number of aromatic nitrogens is 7. The Morgan fingerprint density at radius 3 is 2.69 bits per heavy atom. The summed E-state index contributed by atoms with van der Waals surface area (Å²) in [6.07, 6.45) is -0.992. The van der Waals surface area contributed by atoms with Gasteiger partial charge in [0.2, 0.25) is 0 Å². The zero-order chi connectivity index (χ0) is 24.3. The fraction of sp³-hybridized carbons (Fsp3) is 0.318. The summed E-state index contributed by atoms with van der Waals surface area (Å²) >= 11 is 0. The zero-order valence-corrected chi connectivity index (χ0v) is 18.7. The van der Waals surface area contributed by atoms with Crippen LogP contribution in [0.4, 0.5) is 5.82 Å². The second-order valence-corrected chi connectivity index (χ2v) is 8.27. The summed E-state index contributed by atoms with van der Waals surface area (Å²) < 4.78 is 20.7. The lowest BCUT2D eigenvalue weighted by atomic mass is 10.0. The maximum absolute atomic E-state index is 12.1. The molecule has 5 heterocycles. The summed E-state index contributed by atoms with van der Waals surface area (Å²) in [5.41, 5.74) is 8.95. The summed E-state index contributed by atoms with van der Waals surface area (Å²) in [5.74, 6) is -0.302. The zero-order valence-electron chi connectivity index (χ0n) is 18.7. The van der Waals surface area contributed by atoms with E-state index in [-0.39, 0.29) is 12.4 Å². The van der Waals surface area contributed by atoms with Crippen molar-refractivity contribution in [2.24, 2.45) is 0 Å². The van der Waals surface area contributed by atoms with Gasteiger partial charge in [-0.3, -0.25) is 14.2 Å². The normalized spacial score (nSPS) is 22.3. The van der Waals surface area contributed by atoms with E-state index in [0.717, 1.165) is 5.56 Å². The molecule has 0 radical (unpaired) electrons. The number of ether oxygens (including phenoxy) is 3. The minimum Gasteiger partial charge on any atom is -0.463 e. The number of carbonyl (C=O) groups excluding carboxylic acids is 2. The Bertz CT molecular complexity index is 1470. The number of nitrogens with two attached hydrogens (primary N) is 1. The molecule has 0 saturated carbocycles. The van der Waals surface area contributed by atoms with Crippen LogP contribution < -0.4 is 5.73 Å². The molecule has 3 aromatic heterocycles. The Morgan fingerprint density at radius 2 is 1.94 bits per heavy atom. The van der Waals surface area contributed by atoms with Gasteiger partial charge in [0, 0.05) is 19.4 Å². The number of rotatable bonds is 4. The van der Waals surface area contributed by atoms with Crippen molar-refractivity contribution < 1.29 is 23.8 Å². The Kier molecular flexibility index (Phi) is 4.74. The van der Waals surface area contributed by atoms with Crippen molar-refractivity contribution in [3.8, 4) is 22.8 Å². The molecule has 2 aliphatic heterocycles. The van der Waals surface area contributed by atoms with Crippen LogP contribution in [0.2, 0.25) is 0 Å². The van der Waals surface area contributed by atoms with E-state index in [1.165, 1.54) is 20.2 Å². The van der Waals surface area contributed by atoms with Crippen molar-refractivity contribution >= 4 is 28.9 Å². The lowest BCUT2D eigenvalue weighted by molar-refractivity contribution is -0.156. The van der Waals surface area contributed by atoms with E-state index in [4.69, 9.17) is 24.9 Å². The van der Waals surface area contributed by atoms with Crippen molar-refractivity contribution in [3.63, 3.8) is 0 Å². The van der Waals surface area contributed by atoms with Gasteiger partial charge in [-0.15, -0.1) is 5.10 Å². The van der Waals surface area contributed by atoms with Gasteiger partial charge in [0.15, 0.2) is 35.1 Å². The SMILES string of the molecule is CC(=O)OC[C@H]1O[C@@H]2[C@H]([C@@H]1OC(C)=O)n1nnc(-c3ccccc3)c1-c1nc3c(N)ncnc3n12. The van der Waals surface area contributed by atoms with Crippen LogP contribution >= 0.6 is 0 Å². The molecule has 2 N–H and O–H groups in total. The molecule has 0 aliphatic carbocycles. The summed E-state index contributed by atoms with van der Waals surface area (Å²) in [6, 6.07) is 8.89. The van der Waals surface area contributed by atoms with Gasteiger partial charge in [-0.05, 0) is 0 Å². The maximum Gasteiger partial charge on any atom is 0.303 e. The molecule has 0 bridgehead atoms. The van der Waals surface area contributed by atoms with Crippen molar-refractivity contribution in [3.05, 3.63) is 36.7 Å². The molecule has 2 aliphatic rings. The summed E-state index contributed by atoms with van der Waals surface area (Å²) in [6.45, 7) is 2.49. The number of carbonyl (C=O) groups is 2. The molecule has 1 saturated heterocycles. The highest BCUT2D eigenvalue weighted by Crippen LogP contribution is 2.50. The predicted molar refractivity (Wildman–Crippen MR) is 119 cm³/mol. The number of hydrogen-bond donors (Lipinski definition) is 1. The molecule has 0 spiro atoms. The third-order valence-electron chi connectivity index (χ3n) is 6.06. The van der Waals surface area contributed by atoms with Crippen LogP contribution in [0, 0.1) is 0 Å². The van der Waals surface area contributed by atoms with Gasteiger partial charge in [-0.25, -0.2) is 19.6 Å². The molecule has 6 rings (SSSR count). The van der Waals surface area contributed by atoms with E-state index in [0.29, 0.717) is 28.4 Å². The first-order chi connectivity index (χ1) is 16.9. The molecule has 0 amide bonds. The third kappa shape index (κ3) is 3.23. The highest BCUT2D eigenvalue weighted by Gasteiger charge is 2.54. The van der Waals surface area contributed by atoms with Crippen molar-refractivity contribution in [2.75, 3.05) is 12.3 Å². The van der Waals surface area contributed by atoms with E-state index in [2.05, 4.69) is 20.3 Å².